The molecule has 182 valence electrons. The van der Waals surface area contributed by atoms with Gasteiger partial charge in [0.1, 0.15) is 11.9 Å². The van der Waals surface area contributed by atoms with Crippen molar-refractivity contribution in [1.82, 2.24) is 5.32 Å². The van der Waals surface area contributed by atoms with Crippen molar-refractivity contribution >= 4 is 11.8 Å². The minimum atomic E-state index is -0.526. The molecule has 0 amide bonds. The van der Waals surface area contributed by atoms with Crippen molar-refractivity contribution < 1.29 is 28.2 Å². The van der Waals surface area contributed by atoms with E-state index in [1.54, 1.807) is 6.26 Å². The van der Waals surface area contributed by atoms with Gasteiger partial charge in [0, 0.05) is 35.2 Å². The number of dihydropyridines is 1. The summed E-state index contributed by atoms with van der Waals surface area (Å²) in [6.45, 7) is 2.05. The lowest BCUT2D eigenvalue weighted by atomic mass is 9.72. The fourth-order valence-electron chi connectivity index (χ4n) is 5.86. The van der Waals surface area contributed by atoms with E-state index in [1.807, 2.05) is 37.3 Å². The molecule has 6 rings (SSSR count). The van der Waals surface area contributed by atoms with Crippen LogP contribution in [0.2, 0.25) is 0 Å². The Labute approximate surface area is 204 Å². The van der Waals surface area contributed by atoms with Gasteiger partial charge in [-0.15, -0.1) is 0 Å². The van der Waals surface area contributed by atoms with E-state index in [-0.39, 0.29) is 30.6 Å². The maximum Gasteiger partial charge on any atom is 0.337 e. The SMILES string of the molecule is CC1=C(C(=O)OC2CCCCC2)[C@H](c2ccc3c(c2)OCO3)C2=C(C[C@@H](c3ccco3)CC2=O)N1. The second-order valence-electron chi connectivity index (χ2n) is 9.81. The van der Waals surface area contributed by atoms with Crippen molar-refractivity contribution in [3.8, 4) is 11.5 Å². The summed E-state index contributed by atoms with van der Waals surface area (Å²) in [5, 5.41) is 3.40. The monoisotopic (exact) mass is 475 g/mol. The van der Waals surface area contributed by atoms with Crippen molar-refractivity contribution in [3.05, 3.63) is 70.5 Å². The summed E-state index contributed by atoms with van der Waals surface area (Å²) in [4.78, 5) is 27.2. The smallest absolute Gasteiger partial charge is 0.337 e. The Morgan fingerprint density at radius 3 is 2.69 bits per heavy atom. The summed E-state index contributed by atoms with van der Waals surface area (Å²) < 4.78 is 22.7. The van der Waals surface area contributed by atoms with Gasteiger partial charge < -0.3 is 23.9 Å². The molecule has 7 nitrogen and oxygen atoms in total. The van der Waals surface area contributed by atoms with Gasteiger partial charge in [0.25, 0.3) is 0 Å². The molecule has 1 fully saturated rings. The van der Waals surface area contributed by atoms with E-state index in [9.17, 15) is 9.59 Å². The van der Waals surface area contributed by atoms with Gasteiger partial charge in [-0.25, -0.2) is 4.79 Å². The molecule has 1 saturated carbocycles. The number of ketones is 1. The molecule has 2 aliphatic carbocycles. The average molecular weight is 476 g/mol. The van der Waals surface area contributed by atoms with Crippen LogP contribution in [0.25, 0.3) is 0 Å². The van der Waals surface area contributed by atoms with E-state index in [0.717, 1.165) is 48.4 Å². The number of carbonyl (C=O) groups is 2. The molecule has 0 saturated heterocycles. The van der Waals surface area contributed by atoms with Crippen LogP contribution < -0.4 is 14.8 Å². The molecule has 35 heavy (non-hydrogen) atoms. The zero-order chi connectivity index (χ0) is 23.9. The van der Waals surface area contributed by atoms with Crippen LogP contribution in [0.4, 0.5) is 0 Å². The first kappa shape index (κ1) is 22.0. The molecule has 2 atom stereocenters. The number of ether oxygens (including phenoxy) is 3. The number of esters is 1. The van der Waals surface area contributed by atoms with E-state index in [2.05, 4.69) is 5.32 Å². The molecule has 0 radical (unpaired) electrons. The third-order valence-electron chi connectivity index (χ3n) is 7.55. The van der Waals surface area contributed by atoms with Crippen LogP contribution in [0.3, 0.4) is 0 Å². The first-order valence-electron chi connectivity index (χ1n) is 12.5. The quantitative estimate of drug-likeness (QED) is 0.605. The van der Waals surface area contributed by atoms with Gasteiger partial charge in [0.15, 0.2) is 17.3 Å². The van der Waals surface area contributed by atoms with Crippen molar-refractivity contribution in [2.75, 3.05) is 6.79 Å². The Kier molecular flexibility index (Phi) is 5.63. The number of Topliss-reactive ketones (excluding diaryl/α,β-unsaturated/α-hetero) is 1. The number of rotatable bonds is 4. The zero-order valence-corrected chi connectivity index (χ0v) is 19.8. The molecular formula is C28H29NO6. The lowest BCUT2D eigenvalue weighted by Crippen LogP contribution is -2.37. The molecule has 0 bridgehead atoms. The van der Waals surface area contributed by atoms with E-state index < -0.39 is 5.92 Å². The van der Waals surface area contributed by atoms with Crippen LogP contribution >= 0.6 is 0 Å². The predicted molar refractivity (Wildman–Crippen MR) is 127 cm³/mol. The molecule has 4 aliphatic rings. The Morgan fingerprint density at radius 2 is 1.89 bits per heavy atom. The first-order chi connectivity index (χ1) is 17.1. The fourth-order valence-corrected chi connectivity index (χ4v) is 5.86. The highest BCUT2D eigenvalue weighted by Gasteiger charge is 2.42. The van der Waals surface area contributed by atoms with E-state index in [4.69, 9.17) is 18.6 Å². The van der Waals surface area contributed by atoms with Crippen LogP contribution in [0.15, 0.2) is 63.6 Å². The first-order valence-corrected chi connectivity index (χ1v) is 12.5. The fraction of sp³-hybridized carbons (Fsp3) is 0.429. The molecule has 0 unspecified atom stereocenters. The highest BCUT2D eigenvalue weighted by Crippen LogP contribution is 2.47. The van der Waals surface area contributed by atoms with Crippen LogP contribution in [0, 0.1) is 0 Å². The minimum absolute atomic E-state index is 0.0123. The summed E-state index contributed by atoms with van der Waals surface area (Å²) >= 11 is 0. The number of hydrogen-bond acceptors (Lipinski definition) is 7. The highest BCUT2D eigenvalue weighted by molar-refractivity contribution is 6.04. The van der Waals surface area contributed by atoms with Crippen LogP contribution in [-0.2, 0) is 14.3 Å². The Balaban J connectivity index is 1.40. The van der Waals surface area contributed by atoms with Crippen LogP contribution in [-0.4, -0.2) is 24.6 Å². The summed E-state index contributed by atoms with van der Waals surface area (Å²) in [6, 6.07) is 9.41. The van der Waals surface area contributed by atoms with Gasteiger partial charge in [0.2, 0.25) is 6.79 Å². The molecule has 1 aromatic heterocycles. The number of hydrogen-bond donors (Lipinski definition) is 1. The Hall–Kier alpha value is -3.48. The van der Waals surface area contributed by atoms with Gasteiger partial charge in [-0.3, -0.25) is 4.79 Å². The van der Waals surface area contributed by atoms with Crippen LogP contribution in [0.1, 0.15) is 75.0 Å². The lowest BCUT2D eigenvalue weighted by Gasteiger charge is -2.36. The van der Waals surface area contributed by atoms with Crippen molar-refractivity contribution in [2.24, 2.45) is 0 Å². The second kappa shape index (κ2) is 8.95. The molecule has 1 aromatic carbocycles. The normalized spacial score (nSPS) is 24.3. The van der Waals surface area contributed by atoms with Crippen molar-refractivity contribution in [1.29, 1.82) is 0 Å². The minimum Gasteiger partial charge on any atom is -0.469 e. The maximum atomic E-state index is 13.6. The molecular weight excluding hydrogens is 446 g/mol. The van der Waals surface area contributed by atoms with Crippen LogP contribution in [0.5, 0.6) is 11.5 Å². The largest absolute Gasteiger partial charge is 0.469 e. The molecule has 7 heteroatoms. The average Bonchev–Trinajstić information content (AvgIpc) is 3.55. The number of fused-ring (bicyclic) bond motifs is 1. The number of carbonyl (C=O) groups excluding carboxylic acids is 2. The summed E-state index contributed by atoms with van der Waals surface area (Å²) in [6.07, 6.45) is 7.63. The number of furan rings is 1. The van der Waals surface area contributed by atoms with Gasteiger partial charge in [-0.1, -0.05) is 12.5 Å². The van der Waals surface area contributed by atoms with Crippen molar-refractivity contribution in [3.63, 3.8) is 0 Å². The van der Waals surface area contributed by atoms with Gasteiger partial charge in [0.05, 0.1) is 11.8 Å². The zero-order valence-electron chi connectivity index (χ0n) is 19.8. The number of allylic oxidation sites excluding steroid dienone is 3. The highest BCUT2D eigenvalue weighted by atomic mass is 16.7. The van der Waals surface area contributed by atoms with Crippen molar-refractivity contribution in [2.45, 2.75) is 69.8 Å². The third kappa shape index (κ3) is 4.03. The molecule has 2 aliphatic heterocycles. The maximum absolute atomic E-state index is 13.6. The molecule has 3 heterocycles. The second-order valence-corrected chi connectivity index (χ2v) is 9.81. The third-order valence-corrected chi connectivity index (χ3v) is 7.55. The predicted octanol–water partition coefficient (Wildman–Crippen LogP) is 5.25. The molecule has 2 aromatic rings. The summed E-state index contributed by atoms with van der Waals surface area (Å²) in [5.74, 6) is 1.19. The van der Waals surface area contributed by atoms with Gasteiger partial charge in [-0.05, 0) is 68.9 Å². The molecule has 0 spiro atoms. The standard InChI is InChI=1S/C28H29NO6/c1-16-25(28(31)35-19-6-3-2-4-7-19)26(17-9-10-23-24(14-17)34-15-33-23)27-20(29-16)12-18(13-21(27)30)22-8-5-11-32-22/h5,8-11,14,18-19,26,29H,2-4,6-7,12-13,15H2,1H3/t18-,26+/m1/s1. The van der Waals surface area contributed by atoms with E-state index in [0.29, 0.717) is 35.5 Å². The Morgan fingerprint density at radius 1 is 1.06 bits per heavy atom. The van der Waals surface area contributed by atoms with E-state index >= 15 is 0 Å². The van der Waals surface area contributed by atoms with Gasteiger partial charge in [-0.2, -0.15) is 0 Å². The summed E-state index contributed by atoms with van der Waals surface area (Å²) in [5.41, 5.74) is 3.52. The van der Waals surface area contributed by atoms with Gasteiger partial charge >= 0.3 is 5.97 Å². The summed E-state index contributed by atoms with van der Waals surface area (Å²) in [7, 11) is 0. The molecule has 1 N–H and O–H groups in total. The van der Waals surface area contributed by atoms with E-state index in [1.165, 1.54) is 6.42 Å². The number of benzene rings is 1. The lowest BCUT2D eigenvalue weighted by molar-refractivity contribution is -0.146. The number of nitrogens with one attached hydrogen (secondary N) is 1. The Bertz CT molecular complexity index is 1220. The topological polar surface area (TPSA) is 87.0 Å².